The number of aliphatic hydroxyl groups is 1. The molecule has 2 nitrogen and oxygen atoms in total. The van der Waals surface area contributed by atoms with E-state index in [0.29, 0.717) is 0 Å². The lowest BCUT2D eigenvalue weighted by Gasteiger charge is -1.99. The summed E-state index contributed by atoms with van der Waals surface area (Å²) in [6.07, 6.45) is 3.59. The van der Waals surface area contributed by atoms with Gasteiger partial charge in [-0.3, -0.25) is 4.98 Å². The van der Waals surface area contributed by atoms with Gasteiger partial charge >= 0.3 is 0 Å². The molecule has 0 atom stereocenters. The van der Waals surface area contributed by atoms with Crippen molar-refractivity contribution >= 4 is 23.1 Å². The summed E-state index contributed by atoms with van der Waals surface area (Å²) >= 11 is 3.46. The first-order valence-electron chi connectivity index (χ1n) is 5.09. The predicted octanol–water partition coefficient (Wildman–Crippen LogP) is 2.78. The van der Waals surface area contributed by atoms with Crippen molar-refractivity contribution in [3.63, 3.8) is 0 Å². The molecule has 86 valence electrons. The third-order valence-electron chi connectivity index (χ3n) is 2.07. The van der Waals surface area contributed by atoms with Crippen LogP contribution in [-0.4, -0.2) is 16.7 Å². The minimum Gasteiger partial charge on any atom is -0.384 e. The molecule has 0 bridgehead atoms. The van der Waals surface area contributed by atoms with E-state index in [9.17, 15) is 0 Å². The second-order valence-corrected chi connectivity index (χ2v) is 5.24. The highest BCUT2D eigenvalue weighted by Crippen LogP contribution is 2.26. The third-order valence-corrected chi connectivity index (χ3v) is 4.21. The molecule has 2 heterocycles. The summed E-state index contributed by atoms with van der Waals surface area (Å²) in [5.74, 6) is 6.55. The number of hydrogen-bond acceptors (Lipinski definition) is 4. The number of rotatable bonds is 3. The van der Waals surface area contributed by atoms with Crippen LogP contribution in [0.5, 0.6) is 0 Å². The Hall–Kier alpha value is -1.28. The number of hydrogen-bond donors (Lipinski definition) is 1. The lowest BCUT2D eigenvalue weighted by molar-refractivity contribution is 0.350. The van der Waals surface area contributed by atoms with Crippen molar-refractivity contribution in [2.45, 2.75) is 10.6 Å². The quantitative estimate of drug-likeness (QED) is 0.681. The Labute approximate surface area is 109 Å². The molecule has 0 spiro atoms. The van der Waals surface area contributed by atoms with Gasteiger partial charge in [-0.15, -0.1) is 23.1 Å². The van der Waals surface area contributed by atoms with Crippen molar-refractivity contribution < 1.29 is 5.11 Å². The third kappa shape index (κ3) is 3.60. The van der Waals surface area contributed by atoms with E-state index in [0.717, 1.165) is 11.3 Å². The van der Waals surface area contributed by atoms with Gasteiger partial charge in [0.15, 0.2) is 0 Å². The molecule has 0 saturated heterocycles. The second kappa shape index (κ2) is 6.45. The molecule has 0 amide bonds. The Morgan fingerprint density at radius 2 is 2.12 bits per heavy atom. The van der Waals surface area contributed by atoms with Crippen molar-refractivity contribution in [1.29, 1.82) is 0 Å². The molecule has 0 aliphatic rings. The van der Waals surface area contributed by atoms with Crippen LogP contribution in [0.2, 0.25) is 0 Å². The molecule has 2 aromatic heterocycles. The van der Waals surface area contributed by atoms with Gasteiger partial charge in [0.1, 0.15) is 6.61 Å². The van der Waals surface area contributed by atoms with Gasteiger partial charge < -0.3 is 5.11 Å². The van der Waals surface area contributed by atoms with E-state index in [1.165, 1.54) is 9.77 Å². The van der Waals surface area contributed by atoms with Crippen molar-refractivity contribution in [1.82, 2.24) is 4.98 Å². The molecule has 0 saturated carbocycles. The van der Waals surface area contributed by atoms with Gasteiger partial charge in [-0.25, -0.2) is 0 Å². The molecular formula is C13H11NOS2. The van der Waals surface area contributed by atoms with Crippen LogP contribution in [0.25, 0.3) is 0 Å². The van der Waals surface area contributed by atoms with Gasteiger partial charge in [0, 0.05) is 33.5 Å². The average Bonchev–Trinajstić information content (AvgIpc) is 2.82. The van der Waals surface area contributed by atoms with E-state index < -0.39 is 0 Å². The van der Waals surface area contributed by atoms with E-state index in [2.05, 4.69) is 16.8 Å². The van der Waals surface area contributed by atoms with Crippen LogP contribution in [0, 0.1) is 11.8 Å². The van der Waals surface area contributed by atoms with Gasteiger partial charge in [0.05, 0.1) is 0 Å². The second-order valence-electron chi connectivity index (χ2n) is 3.19. The summed E-state index contributed by atoms with van der Waals surface area (Å²) in [6, 6.07) is 5.99. The van der Waals surface area contributed by atoms with Gasteiger partial charge in [0.2, 0.25) is 0 Å². The SMILES string of the molecule is OCC#Cc1ccsc1CSc1ccncc1. The Bertz CT molecular complexity index is 525. The van der Waals surface area contributed by atoms with Crippen LogP contribution < -0.4 is 0 Å². The Morgan fingerprint density at radius 1 is 1.29 bits per heavy atom. The molecule has 0 fully saturated rings. The van der Waals surface area contributed by atoms with Crippen molar-refractivity contribution in [3.05, 3.63) is 46.4 Å². The molecule has 17 heavy (non-hydrogen) atoms. The number of thioether (sulfide) groups is 1. The fourth-order valence-electron chi connectivity index (χ4n) is 1.28. The molecule has 0 radical (unpaired) electrons. The maximum Gasteiger partial charge on any atom is 0.104 e. The normalized spacial score (nSPS) is 9.71. The molecule has 4 heteroatoms. The maximum atomic E-state index is 8.68. The van der Waals surface area contributed by atoms with E-state index in [1.807, 2.05) is 23.6 Å². The summed E-state index contributed by atoms with van der Waals surface area (Å²) in [4.78, 5) is 6.43. The molecular weight excluding hydrogens is 250 g/mol. The maximum absolute atomic E-state index is 8.68. The van der Waals surface area contributed by atoms with Crippen LogP contribution >= 0.6 is 23.1 Å². The largest absolute Gasteiger partial charge is 0.384 e. The fraction of sp³-hybridized carbons (Fsp3) is 0.154. The smallest absolute Gasteiger partial charge is 0.104 e. The predicted molar refractivity (Wildman–Crippen MR) is 72.1 cm³/mol. The van der Waals surface area contributed by atoms with Crippen LogP contribution in [-0.2, 0) is 5.75 Å². The van der Waals surface area contributed by atoms with Crippen LogP contribution in [0.3, 0.4) is 0 Å². The van der Waals surface area contributed by atoms with Crippen LogP contribution in [0.1, 0.15) is 10.4 Å². The average molecular weight is 261 g/mol. The zero-order valence-corrected chi connectivity index (χ0v) is 10.7. The highest BCUT2D eigenvalue weighted by Gasteiger charge is 2.02. The molecule has 1 N–H and O–H groups in total. The number of aromatic nitrogens is 1. The first kappa shape index (κ1) is 12.2. The summed E-state index contributed by atoms with van der Waals surface area (Å²) in [5, 5.41) is 10.7. The molecule has 0 unspecified atom stereocenters. The fourth-order valence-corrected chi connectivity index (χ4v) is 3.11. The van der Waals surface area contributed by atoms with E-state index in [1.54, 1.807) is 35.5 Å². The lowest BCUT2D eigenvalue weighted by Crippen LogP contribution is -1.81. The first-order chi connectivity index (χ1) is 8.40. The number of nitrogens with zero attached hydrogens (tertiary/aromatic N) is 1. The Morgan fingerprint density at radius 3 is 2.88 bits per heavy atom. The number of pyridine rings is 1. The Balaban J connectivity index is 2.02. The van der Waals surface area contributed by atoms with Crippen molar-refractivity contribution in [3.8, 4) is 11.8 Å². The van der Waals surface area contributed by atoms with Crippen LogP contribution in [0.15, 0.2) is 40.9 Å². The highest BCUT2D eigenvalue weighted by atomic mass is 32.2. The van der Waals surface area contributed by atoms with E-state index in [-0.39, 0.29) is 6.61 Å². The summed E-state index contributed by atoms with van der Waals surface area (Å²) < 4.78 is 0. The summed E-state index contributed by atoms with van der Waals surface area (Å²) in [7, 11) is 0. The minimum atomic E-state index is -0.0905. The van der Waals surface area contributed by atoms with Crippen molar-refractivity contribution in [2.75, 3.05) is 6.61 Å². The molecule has 2 aromatic rings. The van der Waals surface area contributed by atoms with Crippen LogP contribution in [0.4, 0.5) is 0 Å². The van der Waals surface area contributed by atoms with Crippen molar-refractivity contribution in [2.24, 2.45) is 0 Å². The molecule has 0 aliphatic heterocycles. The number of thiophene rings is 1. The zero-order valence-electron chi connectivity index (χ0n) is 9.09. The van der Waals surface area contributed by atoms with Gasteiger partial charge in [-0.05, 0) is 23.6 Å². The topological polar surface area (TPSA) is 33.1 Å². The van der Waals surface area contributed by atoms with Gasteiger partial charge in [-0.1, -0.05) is 11.8 Å². The zero-order chi connectivity index (χ0) is 11.9. The highest BCUT2D eigenvalue weighted by molar-refractivity contribution is 7.98. The number of aliphatic hydroxyl groups excluding tert-OH is 1. The standard InChI is InChI=1S/C13H11NOS2/c15-8-1-2-11-5-9-16-13(11)10-17-12-3-6-14-7-4-12/h3-7,9,15H,8,10H2. The molecule has 0 aromatic carbocycles. The summed E-state index contributed by atoms with van der Waals surface area (Å²) in [5.41, 5.74) is 1.02. The van der Waals surface area contributed by atoms with E-state index in [4.69, 9.17) is 5.11 Å². The van der Waals surface area contributed by atoms with E-state index >= 15 is 0 Å². The monoisotopic (exact) mass is 261 g/mol. The molecule has 2 rings (SSSR count). The minimum absolute atomic E-state index is 0.0905. The first-order valence-corrected chi connectivity index (χ1v) is 6.95. The molecule has 0 aliphatic carbocycles. The van der Waals surface area contributed by atoms with Gasteiger partial charge in [-0.2, -0.15) is 0 Å². The Kier molecular flexibility index (Phi) is 4.63. The summed E-state index contributed by atoms with van der Waals surface area (Å²) in [6.45, 7) is -0.0905. The van der Waals surface area contributed by atoms with Gasteiger partial charge in [0.25, 0.3) is 0 Å². The lowest BCUT2D eigenvalue weighted by atomic mass is 10.3.